The molecule has 0 aromatic carbocycles. The van der Waals surface area contributed by atoms with E-state index in [1.807, 2.05) is 0 Å². The van der Waals surface area contributed by atoms with Gasteiger partial charge in [0, 0.05) is 32.5 Å². The largest absolute Gasteiger partial charge is 0.383 e. The number of amides is 1. The summed E-state index contributed by atoms with van der Waals surface area (Å²) in [4.78, 5) is 24.9. The van der Waals surface area contributed by atoms with Crippen LogP contribution in [0.3, 0.4) is 0 Å². The van der Waals surface area contributed by atoms with Gasteiger partial charge in [0.1, 0.15) is 0 Å². The quantitative estimate of drug-likeness (QED) is 0.696. The van der Waals surface area contributed by atoms with Crippen LogP contribution in [0.25, 0.3) is 0 Å². The van der Waals surface area contributed by atoms with Gasteiger partial charge in [-0.1, -0.05) is 12.6 Å². The molecule has 0 aliphatic rings. The maximum absolute atomic E-state index is 12.1. The van der Waals surface area contributed by atoms with Crippen LogP contribution >= 0.6 is 0 Å². The number of nitrogens with zero attached hydrogens (tertiary/aromatic N) is 2. The summed E-state index contributed by atoms with van der Waals surface area (Å²) in [6.45, 7) is 4.67. The van der Waals surface area contributed by atoms with Crippen LogP contribution in [0, 0.1) is 0 Å². The Balaban J connectivity index is 2.87. The Morgan fingerprint density at radius 2 is 2.33 bits per heavy atom. The van der Waals surface area contributed by atoms with Gasteiger partial charge in [-0.2, -0.15) is 0 Å². The first-order valence-corrected chi connectivity index (χ1v) is 5.65. The van der Waals surface area contributed by atoms with Gasteiger partial charge in [0.15, 0.2) is 0 Å². The molecule has 1 heterocycles. The topological polar surface area (TPSA) is 51.5 Å². The molecule has 98 valence electrons. The van der Waals surface area contributed by atoms with E-state index < -0.39 is 0 Å². The Morgan fingerprint density at radius 3 is 2.94 bits per heavy atom. The second kappa shape index (κ2) is 6.76. The van der Waals surface area contributed by atoms with Crippen LogP contribution in [-0.4, -0.2) is 36.1 Å². The second-order valence-electron chi connectivity index (χ2n) is 3.92. The number of aromatic nitrogens is 1. The predicted molar refractivity (Wildman–Crippen MR) is 69.2 cm³/mol. The molecule has 0 unspecified atom stereocenters. The Bertz CT molecular complexity index is 479. The standard InChI is InChI=1S/C13H18N2O3/c1-4-12(16)14(2)10-11-6-5-7-15(13(11)17)8-9-18-3/h4-7H,1,8-10H2,2-3H3. The molecule has 0 spiro atoms. The second-order valence-corrected chi connectivity index (χ2v) is 3.92. The Labute approximate surface area is 106 Å². The van der Waals surface area contributed by atoms with Crippen LogP contribution in [0.4, 0.5) is 0 Å². The molecule has 0 aliphatic carbocycles. The van der Waals surface area contributed by atoms with Crippen molar-refractivity contribution in [3.05, 3.63) is 46.9 Å². The van der Waals surface area contributed by atoms with Crippen LogP contribution in [0.2, 0.25) is 0 Å². The van der Waals surface area contributed by atoms with Gasteiger partial charge in [-0.3, -0.25) is 9.59 Å². The highest BCUT2D eigenvalue weighted by Gasteiger charge is 2.09. The highest BCUT2D eigenvalue weighted by molar-refractivity contribution is 5.86. The van der Waals surface area contributed by atoms with Gasteiger partial charge in [-0.05, 0) is 12.1 Å². The minimum Gasteiger partial charge on any atom is -0.383 e. The first-order valence-electron chi connectivity index (χ1n) is 5.65. The van der Waals surface area contributed by atoms with Crippen LogP contribution in [0.5, 0.6) is 0 Å². The van der Waals surface area contributed by atoms with Gasteiger partial charge >= 0.3 is 0 Å². The SMILES string of the molecule is C=CC(=O)N(C)Cc1cccn(CCOC)c1=O. The van der Waals surface area contributed by atoms with E-state index in [1.165, 1.54) is 11.0 Å². The van der Waals surface area contributed by atoms with Crippen molar-refractivity contribution in [1.82, 2.24) is 9.47 Å². The third kappa shape index (κ3) is 3.56. The lowest BCUT2D eigenvalue weighted by Crippen LogP contribution is -2.31. The minimum atomic E-state index is -0.207. The van der Waals surface area contributed by atoms with E-state index >= 15 is 0 Å². The average Bonchev–Trinajstić information content (AvgIpc) is 2.38. The van der Waals surface area contributed by atoms with Crippen molar-refractivity contribution in [1.29, 1.82) is 0 Å². The van der Waals surface area contributed by atoms with Crippen molar-refractivity contribution in [2.24, 2.45) is 0 Å². The first-order chi connectivity index (χ1) is 8.60. The molecule has 5 heteroatoms. The van der Waals surface area contributed by atoms with E-state index in [0.29, 0.717) is 18.7 Å². The summed E-state index contributed by atoms with van der Waals surface area (Å²) >= 11 is 0. The molecule has 0 fully saturated rings. The van der Waals surface area contributed by atoms with Gasteiger partial charge in [-0.15, -0.1) is 0 Å². The Morgan fingerprint density at radius 1 is 1.61 bits per heavy atom. The number of carbonyl (C=O) groups excluding carboxylic acids is 1. The maximum atomic E-state index is 12.1. The average molecular weight is 250 g/mol. The summed E-state index contributed by atoms with van der Waals surface area (Å²) in [6, 6.07) is 3.51. The molecular formula is C13H18N2O3. The number of carbonyl (C=O) groups is 1. The van der Waals surface area contributed by atoms with Crippen LogP contribution in [-0.2, 0) is 22.6 Å². The third-order valence-electron chi connectivity index (χ3n) is 2.59. The fraction of sp³-hybridized carbons (Fsp3) is 0.385. The molecular weight excluding hydrogens is 232 g/mol. The molecule has 1 rings (SSSR count). The summed E-state index contributed by atoms with van der Waals surface area (Å²) in [6.07, 6.45) is 2.94. The van der Waals surface area contributed by atoms with Gasteiger partial charge in [0.2, 0.25) is 5.91 Å². The highest BCUT2D eigenvalue weighted by atomic mass is 16.5. The number of likely N-dealkylation sites (N-methyl/N-ethyl adjacent to an activating group) is 1. The monoisotopic (exact) mass is 250 g/mol. The van der Waals surface area contributed by atoms with Gasteiger partial charge in [0.05, 0.1) is 13.2 Å². The van der Waals surface area contributed by atoms with E-state index in [1.54, 1.807) is 37.1 Å². The summed E-state index contributed by atoms with van der Waals surface area (Å²) in [5.74, 6) is -0.207. The van der Waals surface area contributed by atoms with E-state index in [2.05, 4.69) is 6.58 Å². The Kier molecular flexibility index (Phi) is 5.32. The molecule has 18 heavy (non-hydrogen) atoms. The van der Waals surface area contributed by atoms with Crippen molar-refractivity contribution in [3.8, 4) is 0 Å². The zero-order valence-corrected chi connectivity index (χ0v) is 10.8. The molecule has 0 atom stereocenters. The van der Waals surface area contributed by atoms with Gasteiger partial charge < -0.3 is 14.2 Å². The van der Waals surface area contributed by atoms with Crippen molar-refractivity contribution < 1.29 is 9.53 Å². The van der Waals surface area contributed by atoms with Crippen molar-refractivity contribution >= 4 is 5.91 Å². The highest BCUT2D eigenvalue weighted by Crippen LogP contribution is 1.98. The number of rotatable bonds is 6. The summed E-state index contributed by atoms with van der Waals surface area (Å²) in [7, 11) is 3.22. The smallest absolute Gasteiger partial charge is 0.255 e. The van der Waals surface area contributed by atoms with Crippen molar-refractivity contribution in [2.45, 2.75) is 13.1 Å². The number of hydrogen-bond donors (Lipinski definition) is 0. The molecule has 1 amide bonds. The lowest BCUT2D eigenvalue weighted by atomic mass is 10.2. The molecule has 0 N–H and O–H groups in total. The van der Waals surface area contributed by atoms with E-state index in [-0.39, 0.29) is 18.0 Å². The molecule has 0 aliphatic heterocycles. The summed E-state index contributed by atoms with van der Waals surface area (Å²) < 4.78 is 6.51. The maximum Gasteiger partial charge on any atom is 0.255 e. The fourth-order valence-electron chi connectivity index (χ4n) is 1.56. The van der Waals surface area contributed by atoms with E-state index in [9.17, 15) is 9.59 Å². The zero-order valence-electron chi connectivity index (χ0n) is 10.8. The lowest BCUT2D eigenvalue weighted by molar-refractivity contribution is -0.125. The molecule has 1 aromatic rings. The minimum absolute atomic E-state index is 0.0988. The lowest BCUT2D eigenvalue weighted by Gasteiger charge is -2.15. The van der Waals surface area contributed by atoms with E-state index in [0.717, 1.165) is 0 Å². The van der Waals surface area contributed by atoms with Gasteiger partial charge in [-0.25, -0.2) is 0 Å². The molecule has 0 saturated heterocycles. The zero-order chi connectivity index (χ0) is 13.5. The molecule has 0 radical (unpaired) electrons. The Hall–Kier alpha value is -1.88. The fourth-order valence-corrected chi connectivity index (χ4v) is 1.56. The number of pyridine rings is 1. The van der Waals surface area contributed by atoms with Crippen molar-refractivity contribution in [2.75, 3.05) is 20.8 Å². The van der Waals surface area contributed by atoms with Crippen LogP contribution in [0.1, 0.15) is 5.56 Å². The first kappa shape index (κ1) is 14.2. The van der Waals surface area contributed by atoms with Crippen LogP contribution in [0.15, 0.2) is 35.8 Å². The third-order valence-corrected chi connectivity index (χ3v) is 2.59. The normalized spacial score (nSPS) is 10.1. The van der Waals surface area contributed by atoms with Crippen LogP contribution < -0.4 is 5.56 Å². The summed E-state index contributed by atoms with van der Waals surface area (Å²) in [5, 5.41) is 0. The predicted octanol–water partition coefficient (Wildman–Crippen LogP) is 0.639. The molecule has 1 aromatic heterocycles. The molecule has 0 bridgehead atoms. The number of hydrogen-bond acceptors (Lipinski definition) is 3. The molecule has 0 saturated carbocycles. The van der Waals surface area contributed by atoms with E-state index in [4.69, 9.17) is 4.74 Å². The van der Waals surface area contributed by atoms with Gasteiger partial charge in [0.25, 0.3) is 5.56 Å². The van der Waals surface area contributed by atoms with Crippen molar-refractivity contribution in [3.63, 3.8) is 0 Å². The summed E-state index contributed by atoms with van der Waals surface area (Å²) in [5.41, 5.74) is 0.476. The number of ether oxygens (including phenoxy) is 1. The molecule has 5 nitrogen and oxygen atoms in total. The number of methoxy groups -OCH3 is 1.